The molecule has 0 bridgehead atoms. The lowest BCUT2D eigenvalue weighted by atomic mass is 10.2. The molecular formula is C16H28ClIN4. The summed E-state index contributed by atoms with van der Waals surface area (Å²) in [6.45, 7) is 9.32. The summed E-state index contributed by atoms with van der Waals surface area (Å²) in [5, 5.41) is 7.41. The zero-order chi connectivity index (χ0) is 15.5. The second-order valence-electron chi connectivity index (χ2n) is 4.91. The number of aliphatic imine (C=N–C) groups is 1. The smallest absolute Gasteiger partial charge is 0.191 e. The first kappa shape index (κ1) is 21.5. The van der Waals surface area contributed by atoms with Crippen molar-refractivity contribution in [3.05, 3.63) is 34.9 Å². The van der Waals surface area contributed by atoms with Crippen molar-refractivity contribution in [2.24, 2.45) is 4.99 Å². The molecule has 1 rings (SSSR count). The Morgan fingerprint density at radius 2 is 1.82 bits per heavy atom. The minimum atomic E-state index is 0. The van der Waals surface area contributed by atoms with Gasteiger partial charge in [0.25, 0.3) is 0 Å². The Morgan fingerprint density at radius 3 is 2.36 bits per heavy atom. The molecule has 6 heteroatoms. The second-order valence-corrected chi connectivity index (χ2v) is 5.35. The van der Waals surface area contributed by atoms with Crippen LogP contribution >= 0.6 is 35.6 Å². The maximum atomic E-state index is 5.88. The summed E-state index contributed by atoms with van der Waals surface area (Å²) in [7, 11) is 1.79. The van der Waals surface area contributed by atoms with Crippen LogP contribution in [-0.4, -0.2) is 44.1 Å². The fourth-order valence-electron chi connectivity index (χ4n) is 2.09. The number of hydrogen-bond donors (Lipinski definition) is 2. The SMILES string of the molecule is CCCN(CC)CCNC(=NC)NCc1ccc(Cl)cc1.I. The molecule has 0 aliphatic rings. The summed E-state index contributed by atoms with van der Waals surface area (Å²) >= 11 is 5.88. The van der Waals surface area contributed by atoms with E-state index in [4.69, 9.17) is 11.6 Å². The lowest BCUT2D eigenvalue weighted by molar-refractivity contribution is 0.293. The number of benzene rings is 1. The molecule has 0 atom stereocenters. The standard InChI is InChI=1S/C16H27ClN4.HI/c1-4-11-21(5-2)12-10-19-16(18-3)20-13-14-6-8-15(17)9-7-14;/h6-9H,4-5,10-13H2,1-3H3,(H2,18,19,20);1H. The first-order chi connectivity index (χ1) is 10.2. The van der Waals surface area contributed by atoms with Crippen LogP contribution in [0.5, 0.6) is 0 Å². The quantitative estimate of drug-likeness (QED) is 0.371. The van der Waals surface area contributed by atoms with E-state index in [0.717, 1.165) is 43.7 Å². The normalized spacial score (nSPS) is 11.2. The van der Waals surface area contributed by atoms with E-state index in [-0.39, 0.29) is 24.0 Å². The van der Waals surface area contributed by atoms with E-state index in [1.54, 1.807) is 7.05 Å². The number of likely N-dealkylation sites (N-methyl/N-ethyl adjacent to an activating group) is 1. The largest absolute Gasteiger partial charge is 0.355 e. The molecule has 1 aromatic carbocycles. The van der Waals surface area contributed by atoms with Gasteiger partial charge in [-0.3, -0.25) is 4.99 Å². The minimum absolute atomic E-state index is 0. The third-order valence-electron chi connectivity index (χ3n) is 3.30. The maximum absolute atomic E-state index is 5.88. The van der Waals surface area contributed by atoms with Gasteiger partial charge in [-0.15, -0.1) is 24.0 Å². The lowest BCUT2D eigenvalue weighted by Gasteiger charge is -2.20. The molecule has 0 unspecified atom stereocenters. The Balaban J connectivity index is 0.00000441. The van der Waals surface area contributed by atoms with Crippen LogP contribution in [-0.2, 0) is 6.54 Å². The topological polar surface area (TPSA) is 39.7 Å². The summed E-state index contributed by atoms with van der Waals surface area (Å²) in [6, 6.07) is 7.84. The summed E-state index contributed by atoms with van der Waals surface area (Å²) in [6.07, 6.45) is 1.19. The summed E-state index contributed by atoms with van der Waals surface area (Å²) in [5.74, 6) is 0.831. The van der Waals surface area contributed by atoms with E-state index in [0.29, 0.717) is 0 Å². The van der Waals surface area contributed by atoms with Crippen LogP contribution in [0.15, 0.2) is 29.3 Å². The van der Waals surface area contributed by atoms with Crippen LogP contribution < -0.4 is 10.6 Å². The zero-order valence-corrected chi connectivity index (χ0v) is 16.8. The van der Waals surface area contributed by atoms with Gasteiger partial charge in [-0.25, -0.2) is 0 Å². The van der Waals surface area contributed by atoms with Gasteiger partial charge in [0.1, 0.15) is 0 Å². The van der Waals surface area contributed by atoms with Crippen LogP contribution in [0.3, 0.4) is 0 Å². The van der Waals surface area contributed by atoms with Crippen molar-refractivity contribution in [1.29, 1.82) is 0 Å². The number of guanidine groups is 1. The Bertz CT molecular complexity index is 423. The van der Waals surface area contributed by atoms with Crippen molar-refractivity contribution in [3.63, 3.8) is 0 Å². The van der Waals surface area contributed by atoms with Gasteiger partial charge in [0.05, 0.1) is 0 Å². The van der Waals surface area contributed by atoms with E-state index in [1.807, 2.05) is 24.3 Å². The van der Waals surface area contributed by atoms with Gasteiger partial charge in [0.2, 0.25) is 0 Å². The molecule has 0 amide bonds. The molecule has 1 aromatic rings. The van der Waals surface area contributed by atoms with Crippen LogP contribution in [0.25, 0.3) is 0 Å². The molecular weight excluding hydrogens is 411 g/mol. The average Bonchev–Trinajstić information content (AvgIpc) is 2.51. The maximum Gasteiger partial charge on any atom is 0.191 e. The summed E-state index contributed by atoms with van der Waals surface area (Å²) < 4.78 is 0. The first-order valence-electron chi connectivity index (χ1n) is 7.60. The number of halogens is 2. The third-order valence-corrected chi connectivity index (χ3v) is 3.56. The Labute approximate surface area is 156 Å². The van der Waals surface area contributed by atoms with Crippen molar-refractivity contribution in [1.82, 2.24) is 15.5 Å². The predicted octanol–water partition coefficient (Wildman–Crippen LogP) is 3.35. The molecule has 126 valence electrons. The fraction of sp³-hybridized carbons (Fsp3) is 0.562. The van der Waals surface area contributed by atoms with Crippen molar-refractivity contribution in [3.8, 4) is 0 Å². The Morgan fingerprint density at radius 1 is 1.14 bits per heavy atom. The van der Waals surface area contributed by atoms with Crippen molar-refractivity contribution < 1.29 is 0 Å². The predicted molar refractivity (Wildman–Crippen MR) is 107 cm³/mol. The fourth-order valence-corrected chi connectivity index (χ4v) is 2.21. The van der Waals surface area contributed by atoms with E-state index in [2.05, 4.69) is 34.4 Å². The molecule has 0 radical (unpaired) electrons. The second kappa shape index (κ2) is 13.0. The zero-order valence-electron chi connectivity index (χ0n) is 13.7. The van der Waals surface area contributed by atoms with E-state index in [9.17, 15) is 0 Å². The molecule has 0 saturated heterocycles. The Hall–Kier alpha value is -0.530. The summed E-state index contributed by atoms with van der Waals surface area (Å²) in [4.78, 5) is 6.67. The van der Waals surface area contributed by atoms with Gasteiger partial charge in [-0.05, 0) is 37.2 Å². The molecule has 4 nitrogen and oxygen atoms in total. The highest BCUT2D eigenvalue weighted by Gasteiger charge is 2.02. The van der Waals surface area contributed by atoms with Crippen molar-refractivity contribution in [2.75, 3.05) is 33.2 Å². The van der Waals surface area contributed by atoms with E-state index < -0.39 is 0 Å². The molecule has 0 aromatic heterocycles. The lowest BCUT2D eigenvalue weighted by Crippen LogP contribution is -2.41. The van der Waals surface area contributed by atoms with E-state index >= 15 is 0 Å². The van der Waals surface area contributed by atoms with E-state index in [1.165, 1.54) is 12.0 Å². The molecule has 0 fully saturated rings. The van der Waals surface area contributed by atoms with Gasteiger partial charge in [-0.1, -0.05) is 37.6 Å². The van der Waals surface area contributed by atoms with Gasteiger partial charge >= 0.3 is 0 Å². The van der Waals surface area contributed by atoms with Crippen LogP contribution in [0.1, 0.15) is 25.8 Å². The molecule has 0 aliphatic carbocycles. The molecule has 0 aliphatic heterocycles. The Kier molecular flexibility index (Phi) is 12.6. The van der Waals surface area contributed by atoms with Gasteiger partial charge in [0, 0.05) is 31.7 Å². The first-order valence-corrected chi connectivity index (χ1v) is 7.98. The van der Waals surface area contributed by atoms with Gasteiger partial charge in [-0.2, -0.15) is 0 Å². The third kappa shape index (κ3) is 8.80. The van der Waals surface area contributed by atoms with Gasteiger partial charge < -0.3 is 15.5 Å². The number of rotatable bonds is 8. The van der Waals surface area contributed by atoms with Gasteiger partial charge in [0.15, 0.2) is 5.96 Å². The number of nitrogens with one attached hydrogen (secondary N) is 2. The molecule has 0 saturated carbocycles. The molecule has 2 N–H and O–H groups in total. The minimum Gasteiger partial charge on any atom is -0.355 e. The average molecular weight is 439 g/mol. The molecule has 0 spiro atoms. The van der Waals surface area contributed by atoms with Crippen molar-refractivity contribution in [2.45, 2.75) is 26.8 Å². The van der Waals surface area contributed by atoms with Crippen molar-refractivity contribution >= 4 is 41.5 Å². The highest BCUT2D eigenvalue weighted by molar-refractivity contribution is 14.0. The molecule has 22 heavy (non-hydrogen) atoms. The van der Waals surface area contributed by atoms with Crippen LogP contribution in [0.2, 0.25) is 5.02 Å². The molecule has 0 heterocycles. The monoisotopic (exact) mass is 438 g/mol. The highest BCUT2D eigenvalue weighted by atomic mass is 127. The van der Waals surface area contributed by atoms with Crippen LogP contribution in [0.4, 0.5) is 0 Å². The van der Waals surface area contributed by atoms with Crippen LogP contribution in [0, 0.1) is 0 Å². The highest BCUT2D eigenvalue weighted by Crippen LogP contribution is 2.08. The summed E-state index contributed by atoms with van der Waals surface area (Å²) in [5.41, 5.74) is 1.18. The number of hydrogen-bond acceptors (Lipinski definition) is 2. The number of nitrogens with zero attached hydrogens (tertiary/aromatic N) is 2.